The van der Waals surface area contributed by atoms with Crippen LogP contribution in [0.2, 0.25) is 5.02 Å². The molecule has 1 heterocycles. The van der Waals surface area contributed by atoms with E-state index in [1.165, 1.54) is 5.56 Å². The summed E-state index contributed by atoms with van der Waals surface area (Å²) in [5.41, 5.74) is 1.23. The number of halogens is 1. The average Bonchev–Trinajstić information content (AvgIpc) is 2.36. The van der Waals surface area contributed by atoms with Crippen LogP contribution in [-0.2, 0) is 6.54 Å². The van der Waals surface area contributed by atoms with Gasteiger partial charge in [0.05, 0.1) is 0 Å². The van der Waals surface area contributed by atoms with E-state index in [0.29, 0.717) is 0 Å². The zero-order chi connectivity index (χ0) is 11.8. The number of hydrogen-bond donors (Lipinski definition) is 1. The molecule has 1 saturated heterocycles. The quantitative estimate of drug-likeness (QED) is 0.855. The molecule has 2 rings (SSSR count). The van der Waals surface area contributed by atoms with Crippen molar-refractivity contribution in [3.05, 3.63) is 34.9 Å². The molecule has 1 aromatic carbocycles. The molecule has 0 radical (unpaired) electrons. The second-order valence-corrected chi connectivity index (χ2v) is 4.02. The summed E-state index contributed by atoms with van der Waals surface area (Å²) in [6, 6.07) is 8.08. The van der Waals surface area contributed by atoms with E-state index in [-0.39, 0.29) is 0 Å². The Bertz CT molecular complexity index is 296. The van der Waals surface area contributed by atoms with Crippen molar-refractivity contribution in [2.45, 2.75) is 20.4 Å². The van der Waals surface area contributed by atoms with Gasteiger partial charge in [0, 0.05) is 37.7 Å². The van der Waals surface area contributed by atoms with Crippen molar-refractivity contribution < 1.29 is 0 Å². The van der Waals surface area contributed by atoms with Crippen LogP contribution in [-0.4, -0.2) is 31.1 Å². The Morgan fingerprint density at radius 3 is 2.44 bits per heavy atom. The number of piperazine rings is 1. The molecule has 1 aromatic rings. The van der Waals surface area contributed by atoms with Crippen LogP contribution in [0.5, 0.6) is 0 Å². The van der Waals surface area contributed by atoms with Crippen molar-refractivity contribution in [2.75, 3.05) is 26.2 Å². The zero-order valence-corrected chi connectivity index (χ0v) is 10.9. The molecule has 90 valence electrons. The third-order valence-corrected chi connectivity index (χ3v) is 2.93. The minimum atomic E-state index is 0.881. The molecule has 0 saturated carbocycles. The molecule has 1 aliphatic rings. The van der Waals surface area contributed by atoms with E-state index >= 15 is 0 Å². The second-order valence-electron chi connectivity index (χ2n) is 3.62. The summed E-state index contributed by atoms with van der Waals surface area (Å²) in [6.07, 6.45) is 0. The third kappa shape index (κ3) is 4.12. The molecule has 16 heavy (non-hydrogen) atoms. The highest BCUT2D eigenvalue weighted by molar-refractivity contribution is 6.31. The highest BCUT2D eigenvalue weighted by Crippen LogP contribution is 2.16. The lowest BCUT2D eigenvalue weighted by atomic mass is 10.2. The van der Waals surface area contributed by atoms with E-state index in [0.717, 1.165) is 37.7 Å². The van der Waals surface area contributed by atoms with Gasteiger partial charge in [-0.2, -0.15) is 0 Å². The van der Waals surface area contributed by atoms with Gasteiger partial charge in [0.25, 0.3) is 0 Å². The van der Waals surface area contributed by atoms with Crippen molar-refractivity contribution in [2.24, 2.45) is 0 Å². The summed E-state index contributed by atoms with van der Waals surface area (Å²) in [4.78, 5) is 2.43. The van der Waals surface area contributed by atoms with Crippen molar-refractivity contribution in [1.29, 1.82) is 0 Å². The highest BCUT2D eigenvalue weighted by Gasteiger charge is 2.10. The van der Waals surface area contributed by atoms with E-state index < -0.39 is 0 Å². The molecule has 1 fully saturated rings. The van der Waals surface area contributed by atoms with Crippen LogP contribution in [0, 0.1) is 0 Å². The second kappa shape index (κ2) is 7.66. The van der Waals surface area contributed by atoms with Gasteiger partial charge in [0.1, 0.15) is 0 Å². The molecule has 0 bridgehead atoms. The standard InChI is InChI=1S/C11H15ClN2.C2H6/c12-11-4-2-1-3-10(11)9-14-7-5-13-6-8-14;1-2/h1-4,13H,5-9H2;1-2H3. The van der Waals surface area contributed by atoms with E-state index in [9.17, 15) is 0 Å². The first-order valence-electron chi connectivity index (χ1n) is 6.03. The topological polar surface area (TPSA) is 15.3 Å². The Morgan fingerprint density at radius 2 is 1.81 bits per heavy atom. The summed E-state index contributed by atoms with van der Waals surface area (Å²) < 4.78 is 0. The Balaban J connectivity index is 0.000000606. The fraction of sp³-hybridized carbons (Fsp3) is 0.538. The van der Waals surface area contributed by atoms with Gasteiger partial charge >= 0.3 is 0 Å². The van der Waals surface area contributed by atoms with Crippen LogP contribution in [0.15, 0.2) is 24.3 Å². The molecular weight excluding hydrogens is 220 g/mol. The van der Waals surface area contributed by atoms with Gasteiger partial charge in [-0.05, 0) is 11.6 Å². The summed E-state index contributed by atoms with van der Waals surface area (Å²) >= 11 is 6.10. The lowest BCUT2D eigenvalue weighted by molar-refractivity contribution is 0.233. The average molecular weight is 241 g/mol. The van der Waals surface area contributed by atoms with Crippen molar-refractivity contribution in [1.82, 2.24) is 10.2 Å². The third-order valence-electron chi connectivity index (χ3n) is 2.56. The maximum absolute atomic E-state index is 6.10. The Hall–Kier alpha value is -0.570. The largest absolute Gasteiger partial charge is 0.314 e. The maximum Gasteiger partial charge on any atom is 0.0451 e. The SMILES string of the molecule is CC.Clc1ccccc1CN1CCNCC1. The van der Waals surface area contributed by atoms with Crippen LogP contribution >= 0.6 is 11.6 Å². The summed E-state index contributed by atoms with van der Waals surface area (Å²) in [7, 11) is 0. The first-order valence-corrected chi connectivity index (χ1v) is 6.40. The van der Waals surface area contributed by atoms with Crippen LogP contribution < -0.4 is 5.32 Å². The summed E-state index contributed by atoms with van der Waals surface area (Å²) in [6.45, 7) is 9.38. The Kier molecular flexibility index (Phi) is 6.46. The van der Waals surface area contributed by atoms with Gasteiger partial charge in [-0.15, -0.1) is 0 Å². The lowest BCUT2D eigenvalue weighted by Crippen LogP contribution is -2.42. The molecule has 0 amide bonds. The summed E-state index contributed by atoms with van der Waals surface area (Å²) in [5, 5.41) is 4.22. The fourth-order valence-electron chi connectivity index (χ4n) is 1.74. The Labute approximate surface area is 104 Å². The molecule has 1 N–H and O–H groups in total. The fourth-order valence-corrected chi connectivity index (χ4v) is 1.93. The molecule has 0 unspecified atom stereocenters. The lowest BCUT2D eigenvalue weighted by Gasteiger charge is -2.27. The molecule has 2 nitrogen and oxygen atoms in total. The minimum Gasteiger partial charge on any atom is -0.314 e. The van der Waals surface area contributed by atoms with E-state index in [1.54, 1.807) is 0 Å². The molecule has 0 aliphatic carbocycles. The van der Waals surface area contributed by atoms with Gasteiger partial charge in [0.15, 0.2) is 0 Å². The predicted octanol–water partition coefficient (Wildman–Crippen LogP) is 2.77. The minimum absolute atomic E-state index is 0.881. The monoisotopic (exact) mass is 240 g/mol. The van der Waals surface area contributed by atoms with Gasteiger partial charge in [0.2, 0.25) is 0 Å². The van der Waals surface area contributed by atoms with E-state index in [4.69, 9.17) is 11.6 Å². The van der Waals surface area contributed by atoms with Crippen LogP contribution in [0.1, 0.15) is 19.4 Å². The molecule has 0 aromatic heterocycles. The maximum atomic E-state index is 6.10. The molecule has 3 heteroatoms. The smallest absolute Gasteiger partial charge is 0.0451 e. The normalized spacial score (nSPS) is 16.4. The number of hydrogen-bond acceptors (Lipinski definition) is 2. The van der Waals surface area contributed by atoms with E-state index in [1.807, 2.05) is 32.0 Å². The van der Waals surface area contributed by atoms with Crippen LogP contribution in [0.3, 0.4) is 0 Å². The van der Waals surface area contributed by atoms with E-state index in [2.05, 4.69) is 16.3 Å². The summed E-state index contributed by atoms with van der Waals surface area (Å²) in [5.74, 6) is 0. The van der Waals surface area contributed by atoms with Crippen molar-refractivity contribution in [3.63, 3.8) is 0 Å². The van der Waals surface area contributed by atoms with Gasteiger partial charge < -0.3 is 5.32 Å². The first-order chi connectivity index (χ1) is 7.86. The molecule has 0 atom stereocenters. The number of rotatable bonds is 2. The molecule has 0 spiro atoms. The highest BCUT2D eigenvalue weighted by atomic mass is 35.5. The number of benzene rings is 1. The van der Waals surface area contributed by atoms with Crippen LogP contribution in [0.25, 0.3) is 0 Å². The first kappa shape index (κ1) is 13.5. The van der Waals surface area contributed by atoms with Crippen molar-refractivity contribution >= 4 is 11.6 Å². The van der Waals surface area contributed by atoms with Gasteiger partial charge in [-0.3, -0.25) is 4.90 Å². The predicted molar refractivity (Wildman–Crippen MR) is 70.9 cm³/mol. The molecular formula is C13H21ClN2. The number of nitrogens with zero attached hydrogens (tertiary/aromatic N) is 1. The van der Waals surface area contributed by atoms with Crippen LogP contribution in [0.4, 0.5) is 0 Å². The van der Waals surface area contributed by atoms with Gasteiger partial charge in [-0.25, -0.2) is 0 Å². The number of nitrogens with one attached hydrogen (secondary N) is 1. The molecule has 1 aliphatic heterocycles. The van der Waals surface area contributed by atoms with Gasteiger partial charge in [-0.1, -0.05) is 43.6 Å². The Morgan fingerprint density at radius 1 is 1.19 bits per heavy atom. The van der Waals surface area contributed by atoms with Crippen molar-refractivity contribution in [3.8, 4) is 0 Å². The zero-order valence-electron chi connectivity index (χ0n) is 10.2.